The van der Waals surface area contributed by atoms with Crippen molar-refractivity contribution >= 4 is 0 Å². The molecule has 2 saturated carbocycles. The first-order valence-corrected chi connectivity index (χ1v) is 6.17. The van der Waals surface area contributed by atoms with Crippen LogP contribution in [0.15, 0.2) is 24.3 Å². The largest absolute Gasteiger partial charge is 0.497 e. The summed E-state index contributed by atoms with van der Waals surface area (Å²) in [6.45, 7) is 0. The van der Waals surface area contributed by atoms with E-state index >= 15 is 0 Å². The highest BCUT2D eigenvalue weighted by atomic mass is 16.5. The molecule has 0 aliphatic heterocycles. The lowest BCUT2D eigenvalue weighted by Crippen LogP contribution is -2.20. The first kappa shape index (κ1) is 10.2. The lowest BCUT2D eigenvalue weighted by molar-refractivity contribution is 0.396. The molecule has 3 unspecified atom stereocenters. The lowest BCUT2D eigenvalue weighted by atomic mass is 9.90. The van der Waals surface area contributed by atoms with E-state index in [9.17, 15) is 0 Å². The Morgan fingerprint density at radius 1 is 1.25 bits per heavy atom. The van der Waals surface area contributed by atoms with E-state index in [1.54, 1.807) is 7.11 Å². The highest BCUT2D eigenvalue weighted by Gasteiger charge is 2.47. The van der Waals surface area contributed by atoms with Crippen LogP contribution in [0, 0.1) is 17.8 Å². The topological polar surface area (TPSA) is 35.2 Å². The van der Waals surface area contributed by atoms with E-state index in [2.05, 4.69) is 12.1 Å². The molecule has 86 valence electrons. The van der Waals surface area contributed by atoms with Crippen LogP contribution >= 0.6 is 0 Å². The van der Waals surface area contributed by atoms with Crippen molar-refractivity contribution in [3.63, 3.8) is 0 Å². The number of nitrogens with two attached hydrogens (primary N) is 1. The molecule has 0 spiro atoms. The fourth-order valence-electron chi connectivity index (χ4n) is 3.18. The minimum atomic E-state index is 0.197. The summed E-state index contributed by atoms with van der Waals surface area (Å²) in [5.41, 5.74) is 7.58. The highest BCUT2D eigenvalue weighted by molar-refractivity contribution is 5.31. The summed E-state index contributed by atoms with van der Waals surface area (Å²) in [5, 5.41) is 0. The molecule has 0 amide bonds. The van der Waals surface area contributed by atoms with Gasteiger partial charge in [-0.05, 0) is 54.7 Å². The second kappa shape index (κ2) is 3.77. The summed E-state index contributed by atoms with van der Waals surface area (Å²) in [7, 11) is 1.70. The van der Waals surface area contributed by atoms with Crippen LogP contribution in [0.2, 0.25) is 0 Å². The molecule has 2 aliphatic carbocycles. The van der Waals surface area contributed by atoms with Crippen LogP contribution in [0.5, 0.6) is 5.75 Å². The van der Waals surface area contributed by atoms with Gasteiger partial charge in [-0.2, -0.15) is 0 Å². The van der Waals surface area contributed by atoms with Crippen molar-refractivity contribution in [1.82, 2.24) is 0 Å². The summed E-state index contributed by atoms with van der Waals surface area (Å²) in [5.74, 6) is 3.61. The smallest absolute Gasteiger partial charge is 0.119 e. The molecule has 2 nitrogen and oxygen atoms in total. The lowest BCUT2D eigenvalue weighted by Gasteiger charge is -2.21. The van der Waals surface area contributed by atoms with Gasteiger partial charge in [0.2, 0.25) is 0 Å². The van der Waals surface area contributed by atoms with Gasteiger partial charge in [-0.3, -0.25) is 0 Å². The van der Waals surface area contributed by atoms with E-state index in [0.29, 0.717) is 5.92 Å². The summed E-state index contributed by atoms with van der Waals surface area (Å²) < 4.78 is 5.24. The maximum atomic E-state index is 6.35. The van der Waals surface area contributed by atoms with Crippen LogP contribution in [-0.2, 0) is 0 Å². The van der Waals surface area contributed by atoms with E-state index in [4.69, 9.17) is 10.5 Å². The van der Waals surface area contributed by atoms with Gasteiger partial charge >= 0.3 is 0 Å². The minimum Gasteiger partial charge on any atom is -0.497 e. The van der Waals surface area contributed by atoms with Crippen molar-refractivity contribution in [3.05, 3.63) is 29.8 Å². The Morgan fingerprint density at radius 2 is 2.00 bits per heavy atom. The quantitative estimate of drug-likeness (QED) is 0.845. The maximum Gasteiger partial charge on any atom is 0.119 e. The zero-order valence-corrected chi connectivity index (χ0v) is 9.73. The highest BCUT2D eigenvalue weighted by Crippen LogP contribution is 2.56. The molecular weight excluding hydrogens is 198 g/mol. The molecule has 2 heteroatoms. The molecule has 0 saturated heterocycles. The van der Waals surface area contributed by atoms with Gasteiger partial charge in [0, 0.05) is 6.04 Å². The Bertz CT molecular complexity index is 380. The van der Waals surface area contributed by atoms with Crippen molar-refractivity contribution in [2.24, 2.45) is 23.5 Å². The van der Waals surface area contributed by atoms with E-state index in [0.717, 1.165) is 17.6 Å². The van der Waals surface area contributed by atoms with E-state index in [-0.39, 0.29) is 6.04 Å². The number of ether oxygens (including phenoxy) is 1. The summed E-state index contributed by atoms with van der Waals surface area (Å²) in [6, 6.07) is 8.40. The minimum absolute atomic E-state index is 0.197. The monoisotopic (exact) mass is 217 g/mol. The Morgan fingerprint density at radius 3 is 2.69 bits per heavy atom. The van der Waals surface area contributed by atoms with Gasteiger partial charge < -0.3 is 10.5 Å². The maximum absolute atomic E-state index is 6.35. The molecule has 2 fully saturated rings. The van der Waals surface area contributed by atoms with E-state index in [1.165, 1.54) is 24.8 Å². The van der Waals surface area contributed by atoms with E-state index < -0.39 is 0 Å². The SMILES string of the molecule is COc1cccc(C(N)C2CC3CC3C2)c1. The fraction of sp³-hybridized carbons (Fsp3) is 0.571. The second-order valence-electron chi connectivity index (χ2n) is 5.29. The Balaban J connectivity index is 1.75. The number of rotatable bonds is 3. The summed E-state index contributed by atoms with van der Waals surface area (Å²) in [6.07, 6.45) is 4.13. The predicted molar refractivity (Wildman–Crippen MR) is 64.2 cm³/mol. The van der Waals surface area contributed by atoms with Gasteiger partial charge in [0.1, 0.15) is 5.75 Å². The first-order valence-electron chi connectivity index (χ1n) is 6.17. The third kappa shape index (κ3) is 1.71. The molecular formula is C14H19NO. The van der Waals surface area contributed by atoms with Gasteiger partial charge in [-0.25, -0.2) is 0 Å². The Kier molecular flexibility index (Phi) is 2.40. The van der Waals surface area contributed by atoms with Crippen LogP contribution in [0.1, 0.15) is 30.9 Å². The third-order valence-electron chi connectivity index (χ3n) is 4.27. The predicted octanol–water partition coefficient (Wildman–Crippen LogP) is 2.74. The van der Waals surface area contributed by atoms with Crippen LogP contribution in [0.4, 0.5) is 0 Å². The van der Waals surface area contributed by atoms with Crippen molar-refractivity contribution in [2.75, 3.05) is 7.11 Å². The Hall–Kier alpha value is -1.02. The molecule has 3 rings (SSSR count). The van der Waals surface area contributed by atoms with Crippen LogP contribution in [0.3, 0.4) is 0 Å². The molecule has 0 aromatic heterocycles. The molecule has 0 radical (unpaired) electrons. The number of methoxy groups -OCH3 is 1. The third-order valence-corrected chi connectivity index (χ3v) is 4.27. The van der Waals surface area contributed by atoms with Crippen molar-refractivity contribution in [3.8, 4) is 5.75 Å². The first-order chi connectivity index (χ1) is 7.78. The van der Waals surface area contributed by atoms with Crippen LogP contribution < -0.4 is 10.5 Å². The molecule has 3 atom stereocenters. The molecule has 0 bridgehead atoms. The normalized spacial score (nSPS) is 33.2. The standard InChI is InChI=1S/C14H19NO/c1-16-13-4-2-3-9(8-13)14(15)12-6-10-5-11(10)7-12/h2-4,8,10-12,14H,5-7,15H2,1H3. The summed E-state index contributed by atoms with van der Waals surface area (Å²) >= 11 is 0. The molecule has 1 aromatic carbocycles. The Labute approximate surface area is 96.8 Å². The molecule has 2 N–H and O–H groups in total. The zero-order valence-electron chi connectivity index (χ0n) is 9.73. The van der Waals surface area contributed by atoms with Crippen LogP contribution in [-0.4, -0.2) is 7.11 Å². The van der Waals surface area contributed by atoms with Crippen LogP contribution in [0.25, 0.3) is 0 Å². The van der Waals surface area contributed by atoms with Crippen molar-refractivity contribution in [2.45, 2.75) is 25.3 Å². The fourth-order valence-corrected chi connectivity index (χ4v) is 3.18. The average molecular weight is 217 g/mol. The molecule has 1 aromatic rings. The van der Waals surface area contributed by atoms with Crippen molar-refractivity contribution in [1.29, 1.82) is 0 Å². The van der Waals surface area contributed by atoms with Gasteiger partial charge in [-0.1, -0.05) is 12.1 Å². The number of hydrogen-bond acceptors (Lipinski definition) is 2. The van der Waals surface area contributed by atoms with Crippen molar-refractivity contribution < 1.29 is 4.74 Å². The molecule has 2 aliphatic rings. The molecule has 0 heterocycles. The van der Waals surface area contributed by atoms with Gasteiger partial charge in [0.15, 0.2) is 0 Å². The van der Waals surface area contributed by atoms with E-state index in [1.807, 2.05) is 12.1 Å². The number of hydrogen-bond donors (Lipinski definition) is 1. The summed E-state index contributed by atoms with van der Waals surface area (Å²) in [4.78, 5) is 0. The molecule has 16 heavy (non-hydrogen) atoms. The second-order valence-corrected chi connectivity index (χ2v) is 5.29. The van der Waals surface area contributed by atoms with Gasteiger partial charge in [-0.15, -0.1) is 0 Å². The average Bonchev–Trinajstić information content (AvgIpc) is 2.95. The number of benzene rings is 1. The van der Waals surface area contributed by atoms with Gasteiger partial charge in [0.05, 0.1) is 7.11 Å². The van der Waals surface area contributed by atoms with Gasteiger partial charge in [0.25, 0.3) is 0 Å². The zero-order chi connectivity index (χ0) is 11.1. The number of fused-ring (bicyclic) bond motifs is 1.